The van der Waals surface area contributed by atoms with Gasteiger partial charge in [-0.15, -0.1) is 0 Å². The highest BCUT2D eigenvalue weighted by atomic mass is 32.2. The van der Waals surface area contributed by atoms with Crippen LogP contribution in [0.3, 0.4) is 0 Å². The van der Waals surface area contributed by atoms with Crippen LogP contribution < -0.4 is 9.64 Å². The lowest BCUT2D eigenvalue weighted by Crippen LogP contribution is -2.56. The summed E-state index contributed by atoms with van der Waals surface area (Å²) in [5.74, 6) is 0.582. The number of nitrogens with zero attached hydrogens (tertiary/aromatic N) is 2. The molecule has 0 bridgehead atoms. The fourth-order valence-corrected chi connectivity index (χ4v) is 7.62. The van der Waals surface area contributed by atoms with Gasteiger partial charge in [0.1, 0.15) is 11.3 Å². The Hall–Kier alpha value is -4.89. The van der Waals surface area contributed by atoms with Crippen molar-refractivity contribution in [1.29, 1.82) is 0 Å². The first kappa shape index (κ1) is 33.0. The summed E-state index contributed by atoms with van der Waals surface area (Å²) in [6.45, 7) is 6.12. The summed E-state index contributed by atoms with van der Waals surface area (Å²) in [5.41, 5.74) is 2.35. The van der Waals surface area contributed by atoms with Crippen LogP contribution in [0.4, 0.5) is 18.9 Å². The summed E-state index contributed by atoms with van der Waals surface area (Å²) in [7, 11) is -2.67. The third-order valence-electron chi connectivity index (χ3n) is 9.38. The number of hydrogen-bond acceptors (Lipinski definition) is 4. The maximum atomic E-state index is 13.9. The third-order valence-corrected chi connectivity index (χ3v) is 10.6. The van der Waals surface area contributed by atoms with Gasteiger partial charge in [0.15, 0.2) is 0 Å². The maximum Gasteiger partial charge on any atom is 0.416 e. The van der Waals surface area contributed by atoms with Crippen LogP contribution in [0.5, 0.6) is 5.75 Å². The average Bonchev–Trinajstić information content (AvgIpc) is 3.29. The number of alkyl halides is 3. The van der Waals surface area contributed by atoms with E-state index in [-0.39, 0.29) is 4.90 Å². The Balaban J connectivity index is 1.71. The van der Waals surface area contributed by atoms with Crippen molar-refractivity contribution in [3.63, 3.8) is 0 Å². The molecule has 0 spiro atoms. The lowest BCUT2D eigenvalue weighted by molar-refractivity contribution is -0.137. The number of methoxy groups -OCH3 is 1. The quantitative estimate of drug-likeness (QED) is 0.155. The van der Waals surface area contributed by atoms with Crippen LogP contribution in [-0.2, 0) is 33.7 Å². The van der Waals surface area contributed by atoms with Crippen LogP contribution in [0.2, 0.25) is 0 Å². The molecule has 0 aromatic heterocycles. The number of hydrogen-bond donors (Lipinski definition) is 0. The summed E-state index contributed by atoms with van der Waals surface area (Å²) in [6.07, 6.45) is -3.15. The lowest BCUT2D eigenvalue weighted by Gasteiger charge is -2.48. The van der Waals surface area contributed by atoms with Crippen molar-refractivity contribution in [2.75, 3.05) is 12.0 Å². The summed E-state index contributed by atoms with van der Waals surface area (Å²) in [4.78, 5) is 2.06. The Bertz CT molecular complexity index is 2060. The molecular formula is C39H35F3N2O3S. The Kier molecular flexibility index (Phi) is 8.45. The van der Waals surface area contributed by atoms with Crippen molar-refractivity contribution in [3.05, 3.63) is 160 Å². The second-order valence-corrected chi connectivity index (χ2v) is 13.9. The van der Waals surface area contributed by atoms with Crippen molar-refractivity contribution in [2.45, 2.75) is 49.3 Å². The molecule has 0 N–H and O–H groups in total. The van der Waals surface area contributed by atoms with Crippen molar-refractivity contribution >= 4 is 21.9 Å². The fraction of sp³-hybridized carbons (Fsp3) is 0.205. The molecule has 5 aromatic carbocycles. The highest BCUT2D eigenvalue weighted by molar-refractivity contribution is 7.90. The van der Waals surface area contributed by atoms with E-state index in [0.717, 1.165) is 45.6 Å². The molecule has 0 saturated carbocycles. The van der Waals surface area contributed by atoms with Crippen LogP contribution in [0.25, 0.3) is 0 Å². The Morgan fingerprint density at radius 1 is 0.792 bits per heavy atom. The molecule has 0 radical (unpaired) electrons. The van der Waals surface area contributed by atoms with Crippen molar-refractivity contribution < 1.29 is 26.3 Å². The smallest absolute Gasteiger partial charge is 0.416 e. The Morgan fingerprint density at radius 3 is 1.98 bits per heavy atom. The van der Waals surface area contributed by atoms with Gasteiger partial charge in [-0.2, -0.15) is 26.0 Å². The zero-order valence-electron chi connectivity index (χ0n) is 27.0. The zero-order chi connectivity index (χ0) is 34.3. The monoisotopic (exact) mass is 668 g/mol. The maximum absolute atomic E-state index is 13.9. The van der Waals surface area contributed by atoms with Gasteiger partial charge in [-0.1, -0.05) is 90.0 Å². The van der Waals surface area contributed by atoms with E-state index < -0.39 is 32.7 Å². The minimum absolute atomic E-state index is 0.00981. The number of ether oxygens (including phenoxy) is 1. The molecule has 0 unspecified atom stereocenters. The first-order chi connectivity index (χ1) is 22.8. The fourth-order valence-electron chi connectivity index (χ4n) is 6.72. The highest BCUT2D eigenvalue weighted by Gasteiger charge is 2.61. The molecule has 1 heterocycles. The van der Waals surface area contributed by atoms with E-state index in [4.69, 9.17) is 4.74 Å². The van der Waals surface area contributed by atoms with Gasteiger partial charge in [-0.25, -0.2) is 0 Å². The first-order valence-corrected chi connectivity index (χ1v) is 16.9. The molecule has 5 nitrogen and oxygen atoms in total. The van der Waals surface area contributed by atoms with Gasteiger partial charge < -0.3 is 9.64 Å². The standard InChI is InChI=1S/C39H35F3N2O3S/c1-27-10-14-29(15-11-27)25-44-36-23-20-33(47-4)24-35(36)37(3,30-8-6-5-7-9-30)38(44,31-16-18-32(19-17-31)39(40,41)42)26-43-48(45,46)34-21-12-28(2)13-22-34/h5-24,26H,25H2,1-4H3/b43-26+/t37-,38-/m1/s1. The van der Waals surface area contributed by atoms with Crippen LogP contribution in [-0.4, -0.2) is 21.7 Å². The second-order valence-electron chi connectivity index (χ2n) is 12.3. The van der Waals surface area contributed by atoms with Gasteiger partial charge in [-0.3, -0.25) is 0 Å². The molecule has 48 heavy (non-hydrogen) atoms. The van der Waals surface area contributed by atoms with Crippen molar-refractivity contribution in [3.8, 4) is 5.75 Å². The average molecular weight is 669 g/mol. The molecular weight excluding hydrogens is 634 g/mol. The minimum Gasteiger partial charge on any atom is -0.497 e. The number of benzene rings is 5. The van der Waals surface area contributed by atoms with Crippen LogP contribution in [0, 0.1) is 13.8 Å². The summed E-state index contributed by atoms with van der Waals surface area (Å²) in [6, 6.07) is 34.5. The van der Waals surface area contributed by atoms with Crippen LogP contribution in [0.15, 0.2) is 131 Å². The largest absolute Gasteiger partial charge is 0.497 e. The molecule has 2 atom stereocenters. The molecule has 1 aliphatic rings. The summed E-state index contributed by atoms with van der Waals surface area (Å²) >= 11 is 0. The first-order valence-electron chi connectivity index (χ1n) is 15.4. The molecule has 0 aliphatic carbocycles. The second kappa shape index (κ2) is 12.3. The number of rotatable bonds is 8. The Labute approximate surface area is 279 Å². The number of fused-ring (bicyclic) bond motifs is 1. The molecule has 6 rings (SSSR count). The van der Waals surface area contributed by atoms with Gasteiger partial charge in [0.25, 0.3) is 10.0 Å². The van der Waals surface area contributed by atoms with Crippen LogP contribution >= 0.6 is 0 Å². The van der Waals surface area contributed by atoms with Gasteiger partial charge in [0, 0.05) is 18.4 Å². The van der Waals surface area contributed by atoms with Gasteiger partial charge in [0.2, 0.25) is 0 Å². The number of sulfonamides is 1. The molecule has 246 valence electrons. The van der Waals surface area contributed by atoms with Crippen molar-refractivity contribution in [1.82, 2.24) is 0 Å². The van der Waals surface area contributed by atoms with E-state index in [1.807, 2.05) is 93.6 Å². The molecule has 9 heteroatoms. The topological polar surface area (TPSA) is 59.0 Å². The SMILES string of the molecule is COc1ccc2c(c1)[C@@](C)(c1ccccc1)[C@@](/C=N/S(=O)(=O)c1ccc(C)cc1)(c1ccc(C(F)(F)F)cc1)N2Cc1ccc(C)cc1. The predicted molar refractivity (Wildman–Crippen MR) is 183 cm³/mol. The van der Waals surface area contributed by atoms with Gasteiger partial charge in [-0.05, 0) is 85.5 Å². The van der Waals surface area contributed by atoms with Crippen LogP contribution in [0.1, 0.15) is 45.9 Å². The Morgan fingerprint density at radius 2 is 1.40 bits per heavy atom. The summed E-state index contributed by atoms with van der Waals surface area (Å²) in [5, 5.41) is 0. The van der Waals surface area contributed by atoms with Gasteiger partial charge >= 0.3 is 6.18 Å². The van der Waals surface area contributed by atoms with Crippen molar-refractivity contribution in [2.24, 2.45) is 4.40 Å². The number of halogens is 3. The molecule has 1 aliphatic heterocycles. The highest BCUT2D eigenvalue weighted by Crippen LogP contribution is 2.60. The number of aryl methyl sites for hydroxylation is 2. The third kappa shape index (κ3) is 5.66. The zero-order valence-corrected chi connectivity index (χ0v) is 27.8. The van der Waals surface area contributed by atoms with E-state index in [9.17, 15) is 21.6 Å². The molecule has 0 amide bonds. The molecule has 0 fully saturated rings. The molecule has 5 aromatic rings. The van der Waals surface area contributed by atoms with E-state index in [1.165, 1.54) is 30.5 Å². The number of anilines is 1. The van der Waals surface area contributed by atoms with E-state index in [2.05, 4.69) is 9.30 Å². The normalized spacial score (nSPS) is 19.4. The molecule has 0 saturated heterocycles. The lowest BCUT2D eigenvalue weighted by atomic mass is 9.62. The summed E-state index contributed by atoms with van der Waals surface area (Å²) < 4.78 is 79.5. The minimum atomic E-state index is -4.56. The van der Waals surface area contributed by atoms with E-state index in [1.54, 1.807) is 19.2 Å². The van der Waals surface area contributed by atoms with E-state index in [0.29, 0.717) is 17.9 Å². The van der Waals surface area contributed by atoms with Gasteiger partial charge in [0.05, 0.1) is 23.0 Å². The van der Waals surface area contributed by atoms with E-state index >= 15 is 0 Å². The predicted octanol–water partition coefficient (Wildman–Crippen LogP) is 9.01.